The van der Waals surface area contributed by atoms with Crippen LogP contribution in [0.3, 0.4) is 0 Å². The summed E-state index contributed by atoms with van der Waals surface area (Å²) in [5, 5.41) is 13.4. The van der Waals surface area contributed by atoms with Gasteiger partial charge in [0, 0.05) is 43.7 Å². The highest BCUT2D eigenvalue weighted by Crippen LogP contribution is 2.40. The third-order valence-electron chi connectivity index (χ3n) is 9.93. The summed E-state index contributed by atoms with van der Waals surface area (Å²) in [6.45, 7) is 2.08. The van der Waals surface area contributed by atoms with Gasteiger partial charge in [-0.2, -0.15) is 4.72 Å². The molecular weight excluding hydrogens is 757 g/mol. The third-order valence-corrected chi connectivity index (χ3v) is 12.6. The summed E-state index contributed by atoms with van der Waals surface area (Å²) in [5.41, 5.74) is 7.36. The number of hydrogen-bond donors (Lipinski definition) is 3. The summed E-state index contributed by atoms with van der Waals surface area (Å²) in [4.78, 5) is 18.2. The van der Waals surface area contributed by atoms with Crippen molar-refractivity contribution in [2.24, 2.45) is 7.05 Å². The second-order valence-electron chi connectivity index (χ2n) is 14.2. The van der Waals surface area contributed by atoms with Crippen LogP contribution in [0.1, 0.15) is 52.2 Å². The maximum absolute atomic E-state index is 13.6. The molecule has 0 saturated carbocycles. The average Bonchev–Trinajstić information content (AvgIpc) is 3.66. The maximum Gasteiger partial charge on any atom is 0.241 e. The molecule has 294 valence electrons. The normalized spacial score (nSPS) is 17.6. The molecule has 2 heterocycles. The highest BCUT2D eigenvalue weighted by atomic mass is 32.2. The molecule has 4 atom stereocenters. The van der Waals surface area contributed by atoms with Gasteiger partial charge in [0.05, 0.1) is 23.7 Å². The number of thioether (sulfide) groups is 1. The van der Waals surface area contributed by atoms with Crippen LogP contribution < -0.4 is 10.0 Å². The topological polar surface area (TPSA) is 132 Å². The van der Waals surface area contributed by atoms with E-state index in [2.05, 4.69) is 15.0 Å². The first-order chi connectivity index (χ1) is 27.6. The summed E-state index contributed by atoms with van der Waals surface area (Å²) >= 11 is 1.65. The number of ether oxygens (including phenoxy) is 2. The first-order valence-electron chi connectivity index (χ1n) is 18.8. The number of carbonyl (C=O) groups excluding carboxylic acids is 1. The standard InChI is InChI=1S/C45H46N4O6S2/c1-31-11-21-40(22-12-31)57(52,53)48-41(26-32-7-4-3-5-8-32)43(51)47-28-34-9-6-10-38(25-34)35-17-19-37(20-18-35)44-54-39(30-56-45-46-23-24-49(45)2)27-42(55-44)36-15-13-33(29-50)14-16-36/h3-25,39,41-42,44,48,50H,26-30H2,1-2H3,(H,47,51)/t39-,41-,42+,44+/m1/s1. The lowest BCUT2D eigenvalue weighted by Gasteiger charge is -2.36. The van der Waals surface area contributed by atoms with Crippen LogP contribution >= 0.6 is 11.8 Å². The van der Waals surface area contributed by atoms with Crippen molar-refractivity contribution in [3.8, 4) is 11.1 Å². The molecular formula is C45H46N4O6S2. The van der Waals surface area contributed by atoms with Crippen molar-refractivity contribution in [2.45, 2.75) is 67.5 Å². The minimum atomic E-state index is -3.96. The molecule has 12 heteroatoms. The van der Waals surface area contributed by atoms with Crippen molar-refractivity contribution in [3.05, 3.63) is 173 Å². The number of imidazole rings is 1. The Morgan fingerprint density at radius 1 is 0.860 bits per heavy atom. The minimum Gasteiger partial charge on any atom is -0.392 e. The Kier molecular flexibility index (Phi) is 13.0. The lowest BCUT2D eigenvalue weighted by Crippen LogP contribution is -2.47. The molecule has 10 nitrogen and oxygen atoms in total. The number of aliphatic hydroxyl groups is 1. The van der Waals surface area contributed by atoms with Crippen LogP contribution in [-0.4, -0.2) is 46.9 Å². The van der Waals surface area contributed by atoms with Gasteiger partial charge in [-0.1, -0.05) is 127 Å². The Bertz CT molecular complexity index is 2350. The number of carbonyl (C=O) groups is 1. The van der Waals surface area contributed by atoms with E-state index in [1.807, 2.05) is 128 Å². The fourth-order valence-electron chi connectivity index (χ4n) is 6.70. The van der Waals surface area contributed by atoms with Gasteiger partial charge < -0.3 is 24.5 Å². The van der Waals surface area contributed by atoms with Crippen LogP contribution in [0.4, 0.5) is 0 Å². The minimum absolute atomic E-state index is 0.0154. The molecule has 7 rings (SSSR count). The Labute approximate surface area is 338 Å². The van der Waals surface area contributed by atoms with E-state index in [0.29, 0.717) is 12.2 Å². The SMILES string of the molecule is Cc1ccc(S(=O)(=O)N[C@H](Cc2ccccc2)C(=O)NCc2cccc(-c3ccc([C@H]4O[C@@H](CSc5nccn5C)C[C@@H](c5ccc(CO)cc5)O4)cc3)c2)cc1. The van der Waals surface area contributed by atoms with E-state index >= 15 is 0 Å². The first-order valence-corrected chi connectivity index (χ1v) is 21.3. The zero-order valence-corrected chi connectivity index (χ0v) is 33.5. The van der Waals surface area contributed by atoms with Gasteiger partial charge in [0.15, 0.2) is 11.4 Å². The van der Waals surface area contributed by atoms with Crippen LogP contribution in [0.5, 0.6) is 0 Å². The van der Waals surface area contributed by atoms with Gasteiger partial charge in [-0.15, -0.1) is 0 Å². The monoisotopic (exact) mass is 802 g/mol. The van der Waals surface area contributed by atoms with Gasteiger partial charge >= 0.3 is 0 Å². The molecule has 57 heavy (non-hydrogen) atoms. The van der Waals surface area contributed by atoms with E-state index in [1.165, 1.54) is 0 Å². The van der Waals surface area contributed by atoms with Crippen LogP contribution in [0.2, 0.25) is 0 Å². The Balaban J connectivity index is 1.03. The predicted octanol–water partition coefficient (Wildman–Crippen LogP) is 7.43. The van der Waals surface area contributed by atoms with Crippen molar-refractivity contribution < 1.29 is 27.8 Å². The second kappa shape index (κ2) is 18.5. The van der Waals surface area contributed by atoms with Crippen molar-refractivity contribution in [1.29, 1.82) is 0 Å². The predicted molar refractivity (Wildman–Crippen MR) is 222 cm³/mol. The van der Waals surface area contributed by atoms with E-state index in [9.17, 15) is 18.3 Å². The second-order valence-corrected chi connectivity index (χ2v) is 16.9. The Morgan fingerprint density at radius 3 is 2.28 bits per heavy atom. The molecule has 1 aromatic heterocycles. The zero-order valence-electron chi connectivity index (χ0n) is 31.8. The molecule has 1 aliphatic rings. The number of aryl methyl sites for hydroxylation is 2. The third kappa shape index (κ3) is 10.5. The van der Waals surface area contributed by atoms with Gasteiger partial charge in [-0.05, 0) is 64.9 Å². The fourth-order valence-corrected chi connectivity index (χ4v) is 8.84. The Morgan fingerprint density at radius 2 is 1.58 bits per heavy atom. The molecule has 3 N–H and O–H groups in total. The first kappa shape index (κ1) is 40.1. The van der Waals surface area contributed by atoms with E-state index in [-0.39, 0.29) is 36.7 Å². The number of amides is 1. The summed E-state index contributed by atoms with van der Waals surface area (Å²) < 4.78 is 44.4. The van der Waals surface area contributed by atoms with Gasteiger partial charge in [0.1, 0.15) is 6.04 Å². The van der Waals surface area contributed by atoms with E-state index < -0.39 is 28.3 Å². The van der Waals surface area contributed by atoms with Crippen LogP contribution in [-0.2, 0) is 50.9 Å². The number of rotatable bonds is 15. The smallest absolute Gasteiger partial charge is 0.241 e. The molecule has 0 radical (unpaired) electrons. The number of aromatic nitrogens is 2. The average molecular weight is 803 g/mol. The number of nitrogens with one attached hydrogen (secondary N) is 2. The number of nitrogens with zero attached hydrogens (tertiary/aromatic N) is 2. The lowest BCUT2D eigenvalue weighted by molar-refractivity contribution is -0.245. The summed E-state index contributed by atoms with van der Waals surface area (Å²) in [7, 11) is -1.98. The number of hydrogen-bond acceptors (Lipinski definition) is 8. The van der Waals surface area contributed by atoms with Gasteiger partial charge in [-0.3, -0.25) is 4.79 Å². The summed E-state index contributed by atoms with van der Waals surface area (Å²) in [6, 6.07) is 38.7. The summed E-state index contributed by atoms with van der Waals surface area (Å²) in [5.74, 6) is 0.291. The Hall–Kier alpha value is -5.08. The van der Waals surface area contributed by atoms with Crippen molar-refractivity contribution in [2.75, 3.05) is 5.75 Å². The molecule has 5 aromatic carbocycles. The van der Waals surface area contributed by atoms with E-state index in [0.717, 1.165) is 49.7 Å². The molecule has 0 aliphatic carbocycles. The lowest BCUT2D eigenvalue weighted by atomic mass is 9.99. The maximum atomic E-state index is 13.6. The van der Waals surface area contributed by atoms with Gasteiger partial charge in [0.25, 0.3) is 0 Å². The van der Waals surface area contributed by atoms with E-state index in [1.54, 1.807) is 42.2 Å². The zero-order chi connectivity index (χ0) is 39.8. The largest absolute Gasteiger partial charge is 0.392 e. The van der Waals surface area contributed by atoms with Crippen molar-refractivity contribution in [1.82, 2.24) is 19.6 Å². The van der Waals surface area contributed by atoms with Crippen LogP contribution in [0.15, 0.2) is 150 Å². The van der Waals surface area contributed by atoms with E-state index in [4.69, 9.17) is 9.47 Å². The molecule has 6 aromatic rings. The summed E-state index contributed by atoms with van der Waals surface area (Å²) in [6.07, 6.45) is 3.72. The molecule has 0 bridgehead atoms. The van der Waals surface area contributed by atoms with Crippen LogP contribution in [0.25, 0.3) is 11.1 Å². The van der Waals surface area contributed by atoms with Crippen molar-refractivity contribution >= 4 is 27.7 Å². The van der Waals surface area contributed by atoms with Gasteiger partial charge in [-0.25, -0.2) is 13.4 Å². The molecule has 1 fully saturated rings. The molecule has 1 amide bonds. The number of sulfonamides is 1. The van der Waals surface area contributed by atoms with Crippen molar-refractivity contribution in [3.63, 3.8) is 0 Å². The highest BCUT2D eigenvalue weighted by molar-refractivity contribution is 7.99. The quantitative estimate of drug-likeness (QED) is 0.0915. The molecule has 0 unspecified atom stereocenters. The fraction of sp³-hybridized carbons (Fsp3) is 0.244. The molecule has 1 saturated heterocycles. The number of aliphatic hydroxyl groups excluding tert-OH is 1. The van der Waals surface area contributed by atoms with Gasteiger partial charge in [0.2, 0.25) is 15.9 Å². The molecule has 0 spiro atoms. The highest BCUT2D eigenvalue weighted by Gasteiger charge is 2.33. The van der Waals surface area contributed by atoms with Crippen LogP contribution in [0, 0.1) is 6.92 Å². The number of benzene rings is 5. The molecule has 1 aliphatic heterocycles.